The highest BCUT2D eigenvalue weighted by molar-refractivity contribution is 4.91. The molecule has 0 saturated carbocycles. The Morgan fingerprint density at radius 2 is 2.17 bits per heavy atom. The Kier molecular flexibility index (Phi) is 6.36. The maximum Gasteiger partial charge on any atom is 0.122 e. The van der Waals surface area contributed by atoms with Crippen LogP contribution in [0.2, 0.25) is 0 Å². The van der Waals surface area contributed by atoms with Gasteiger partial charge in [0.15, 0.2) is 0 Å². The van der Waals surface area contributed by atoms with Crippen LogP contribution in [-0.4, -0.2) is 29.8 Å². The lowest BCUT2D eigenvalue weighted by Crippen LogP contribution is -2.21. The first-order valence-electron chi connectivity index (χ1n) is 6.72. The van der Waals surface area contributed by atoms with E-state index in [0.717, 1.165) is 32.1 Å². The van der Waals surface area contributed by atoms with Crippen LogP contribution in [0.5, 0.6) is 0 Å². The van der Waals surface area contributed by atoms with Crippen molar-refractivity contribution in [3.8, 4) is 0 Å². The van der Waals surface area contributed by atoms with Gasteiger partial charge >= 0.3 is 0 Å². The minimum Gasteiger partial charge on any atom is -0.383 e. The summed E-state index contributed by atoms with van der Waals surface area (Å²) in [5, 5.41) is 3.33. The molecule has 1 heterocycles. The zero-order valence-corrected chi connectivity index (χ0v) is 12.2. The van der Waals surface area contributed by atoms with Gasteiger partial charge in [0.25, 0.3) is 0 Å². The molecule has 0 radical (unpaired) electrons. The molecule has 0 aliphatic rings. The van der Waals surface area contributed by atoms with Crippen LogP contribution in [0.15, 0.2) is 12.4 Å². The third kappa shape index (κ3) is 6.17. The van der Waals surface area contributed by atoms with Gasteiger partial charge in [-0.2, -0.15) is 0 Å². The Morgan fingerprint density at radius 1 is 1.39 bits per heavy atom. The Bertz CT molecular complexity index is 328. The van der Waals surface area contributed by atoms with Crippen molar-refractivity contribution in [1.29, 1.82) is 0 Å². The van der Waals surface area contributed by atoms with Crippen LogP contribution >= 0.6 is 0 Å². The number of aromatic nitrogens is 2. The maximum atomic E-state index is 5.00. The molecule has 1 N–H and O–H groups in total. The molecule has 1 aromatic heterocycles. The predicted molar refractivity (Wildman–Crippen MR) is 74.5 cm³/mol. The Hall–Kier alpha value is -0.870. The molecule has 0 bridgehead atoms. The van der Waals surface area contributed by atoms with Crippen molar-refractivity contribution >= 4 is 0 Å². The summed E-state index contributed by atoms with van der Waals surface area (Å²) in [4.78, 5) is 4.39. The van der Waals surface area contributed by atoms with Crippen molar-refractivity contribution in [1.82, 2.24) is 14.9 Å². The summed E-state index contributed by atoms with van der Waals surface area (Å²) in [6.07, 6.45) is 6.38. The molecule has 0 atom stereocenters. The molecule has 0 fully saturated rings. The molecule has 1 aromatic rings. The molecule has 0 amide bonds. The summed E-state index contributed by atoms with van der Waals surface area (Å²) in [6.45, 7) is 10.3. The highest BCUT2D eigenvalue weighted by atomic mass is 16.5. The fourth-order valence-corrected chi connectivity index (χ4v) is 1.86. The molecule has 0 saturated heterocycles. The molecular weight excluding hydrogens is 226 g/mol. The third-order valence-corrected chi connectivity index (χ3v) is 2.89. The Balaban J connectivity index is 2.31. The summed E-state index contributed by atoms with van der Waals surface area (Å²) in [5.74, 6) is 1.11. The van der Waals surface area contributed by atoms with E-state index in [-0.39, 0.29) is 0 Å². The minimum absolute atomic E-state index is 0.414. The van der Waals surface area contributed by atoms with Crippen LogP contribution in [0.1, 0.15) is 39.4 Å². The molecule has 0 aliphatic carbocycles. The number of imidazole rings is 1. The summed E-state index contributed by atoms with van der Waals surface area (Å²) in [5.41, 5.74) is 0.414. The van der Waals surface area contributed by atoms with E-state index in [0.29, 0.717) is 5.41 Å². The smallest absolute Gasteiger partial charge is 0.122 e. The molecular formula is C14H27N3O. The van der Waals surface area contributed by atoms with E-state index in [1.165, 1.54) is 12.8 Å². The van der Waals surface area contributed by atoms with E-state index in [4.69, 9.17) is 4.74 Å². The summed E-state index contributed by atoms with van der Waals surface area (Å²) in [7, 11) is 1.72. The first-order valence-corrected chi connectivity index (χ1v) is 6.72. The van der Waals surface area contributed by atoms with Crippen molar-refractivity contribution in [3.05, 3.63) is 18.2 Å². The normalized spacial score (nSPS) is 12.0. The monoisotopic (exact) mass is 253 g/mol. The summed E-state index contributed by atoms with van der Waals surface area (Å²) >= 11 is 0. The number of ether oxygens (including phenoxy) is 1. The average Bonchev–Trinajstić information content (AvgIpc) is 2.71. The maximum absolute atomic E-state index is 5.00. The van der Waals surface area contributed by atoms with Crippen molar-refractivity contribution in [2.45, 2.75) is 46.7 Å². The van der Waals surface area contributed by atoms with Gasteiger partial charge < -0.3 is 14.6 Å². The van der Waals surface area contributed by atoms with Gasteiger partial charge in [-0.15, -0.1) is 0 Å². The van der Waals surface area contributed by atoms with Gasteiger partial charge in [-0.25, -0.2) is 4.98 Å². The lowest BCUT2D eigenvalue weighted by Gasteiger charge is -2.18. The van der Waals surface area contributed by atoms with Gasteiger partial charge in [-0.3, -0.25) is 0 Å². The SMILES string of the molecule is COCCNCc1nccn1CCCC(C)(C)C. The highest BCUT2D eigenvalue weighted by Crippen LogP contribution is 2.21. The Morgan fingerprint density at radius 3 is 2.83 bits per heavy atom. The van der Waals surface area contributed by atoms with Crippen molar-refractivity contribution < 1.29 is 4.74 Å². The van der Waals surface area contributed by atoms with E-state index in [1.54, 1.807) is 7.11 Å². The predicted octanol–water partition coefficient (Wildman–Crippen LogP) is 2.45. The molecule has 104 valence electrons. The number of rotatable bonds is 8. The van der Waals surface area contributed by atoms with Gasteiger partial charge in [0.2, 0.25) is 0 Å². The van der Waals surface area contributed by atoms with Crippen LogP contribution in [0.3, 0.4) is 0 Å². The van der Waals surface area contributed by atoms with E-state index < -0.39 is 0 Å². The van der Waals surface area contributed by atoms with E-state index in [9.17, 15) is 0 Å². The molecule has 0 aromatic carbocycles. The second-order valence-electron chi connectivity index (χ2n) is 5.87. The number of methoxy groups -OCH3 is 1. The standard InChI is InChI=1S/C14H27N3O/c1-14(2,3)6-5-9-17-10-7-16-13(17)12-15-8-11-18-4/h7,10,15H,5-6,8-9,11-12H2,1-4H3. The second kappa shape index (κ2) is 7.54. The van der Waals surface area contributed by atoms with Gasteiger partial charge in [0.05, 0.1) is 13.2 Å². The van der Waals surface area contributed by atoms with Crippen LogP contribution in [0.25, 0.3) is 0 Å². The fraction of sp³-hybridized carbons (Fsp3) is 0.786. The van der Waals surface area contributed by atoms with Gasteiger partial charge in [0.1, 0.15) is 5.82 Å². The average molecular weight is 253 g/mol. The van der Waals surface area contributed by atoms with Crippen LogP contribution in [0.4, 0.5) is 0 Å². The van der Waals surface area contributed by atoms with Crippen LogP contribution in [-0.2, 0) is 17.8 Å². The lowest BCUT2D eigenvalue weighted by molar-refractivity contribution is 0.198. The number of aryl methyl sites for hydroxylation is 1. The zero-order valence-electron chi connectivity index (χ0n) is 12.2. The zero-order chi connectivity index (χ0) is 13.4. The largest absolute Gasteiger partial charge is 0.383 e. The summed E-state index contributed by atoms with van der Waals surface area (Å²) in [6, 6.07) is 0. The van der Waals surface area contributed by atoms with Gasteiger partial charge in [-0.1, -0.05) is 20.8 Å². The van der Waals surface area contributed by atoms with Crippen LogP contribution in [0, 0.1) is 5.41 Å². The summed E-state index contributed by atoms with van der Waals surface area (Å²) < 4.78 is 7.25. The lowest BCUT2D eigenvalue weighted by atomic mass is 9.91. The molecule has 0 aliphatic heterocycles. The van der Waals surface area contributed by atoms with E-state index in [2.05, 4.69) is 41.8 Å². The third-order valence-electron chi connectivity index (χ3n) is 2.89. The van der Waals surface area contributed by atoms with E-state index in [1.807, 2.05) is 6.20 Å². The topological polar surface area (TPSA) is 39.1 Å². The Labute approximate surface area is 111 Å². The molecule has 1 rings (SSSR count). The van der Waals surface area contributed by atoms with Crippen molar-refractivity contribution in [3.63, 3.8) is 0 Å². The van der Waals surface area contributed by atoms with E-state index >= 15 is 0 Å². The molecule has 0 spiro atoms. The van der Waals surface area contributed by atoms with Crippen molar-refractivity contribution in [2.75, 3.05) is 20.3 Å². The number of nitrogens with one attached hydrogen (secondary N) is 1. The molecule has 0 unspecified atom stereocenters. The quantitative estimate of drug-likeness (QED) is 0.723. The highest BCUT2D eigenvalue weighted by Gasteiger charge is 2.10. The first-order chi connectivity index (χ1) is 8.53. The second-order valence-corrected chi connectivity index (χ2v) is 5.87. The molecule has 4 nitrogen and oxygen atoms in total. The number of hydrogen-bond acceptors (Lipinski definition) is 3. The first kappa shape index (κ1) is 15.2. The van der Waals surface area contributed by atoms with Gasteiger partial charge in [-0.05, 0) is 18.3 Å². The number of hydrogen-bond donors (Lipinski definition) is 1. The minimum atomic E-state index is 0.414. The van der Waals surface area contributed by atoms with Crippen LogP contribution < -0.4 is 5.32 Å². The number of nitrogens with zero attached hydrogens (tertiary/aromatic N) is 2. The fourth-order valence-electron chi connectivity index (χ4n) is 1.86. The van der Waals surface area contributed by atoms with Gasteiger partial charge in [0, 0.05) is 32.6 Å². The van der Waals surface area contributed by atoms with Crippen molar-refractivity contribution in [2.24, 2.45) is 5.41 Å². The molecule has 4 heteroatoms. The molecule has 18 heavy (non-hydrogen) atoms.